The van der Waals surface area contributed by atoms with Crippen molar-refractivity contribution in [1.82, 2.24) is 0 Å². The predicted octanol–water partition coefficient (Wildman–Crippen LogP) is 0.623. The van der Waals surface area contributed by atoms with E-state index in [1.54, 1.807) is 18.2 Å². The van der Waals surface area contributed by atoms with Gasteiger partial charge in [0.25, 0.3) is 0 Å². The lowest BCUT2D eigenvalue weighted by Gasteiger charge is -2.09. The van der Waals surface area contributed by atoms with Crippen molar-refractivity contribution in [1.29, 1.82) is 0 Å². The molecule has 0 aromatic heterocycles. The lowest BCUT2D eigenvalue weighted by molar-refractivity contribution is -0.0292. The third kappa shape index (κ3) is 13.9. The maximum atomic E-state index is 9.26. The molecule has 0 heterocycles. The van der Waals surface area contributed by atoms with Crippen LogP contribution >= 0.6 is 0 Å². The van der Waals surface area contributed by atoms with Crippen LogP contribution in [0.2, 0.25) is 0 Å². The molecule has 0 aliphatic carbocycles. The Hall–Kier alpha value is -1.06. The summed E-state index contributed by atoms with van der Waals surface area (Å²) in [7, 11) is 0. The summed E-state index contributed by atoms with van der Waals surface area (Å²) < 4.78 is 146. The highest BCUT2D eigenvalue weighted by atomic mass is 16.6. The molecule has 0 aliphatic heterocycles. The van der Waals surface area contributed by atoms with Crippen LogP contribution in [0.4, 0.5) is 0 Å². The van der Waals surface area contributed by atoms with Crippen LogP contribution in [-0.2, 0) is 30.3 Å². The first kappa shape index (κ1) is 7.90. The van der Waals surface area contributed by atoms with Gasteiger partial charge < -0.3 is 33.9 Å². The smallest absolute Gasteiger partial charge is 0.100 e. The van der Waals surface area contributed by atoms with Crippen LogP contribution in [-0.4, -0.2) is 82.0 Å². The molecule has 7 nitrogen and oxygen atoms in total. The summed E-state index contributed by atoms with van der Waals surface area (Å²) in [6.07, 6.45) is -1.67. The lowest BCUT2D eigenvalue weighted by atomic mass is 10.2. The summed E-state index contributed by atoms with van der Waals surface area (Å²) in [6, 6.07) is 7.82. The largest absolute Gasteiger partial charge is 0.394 e. The van der Waals surface area contributed by atoms with E-state index in [1.807, 2.05) is 0 Å². The zero-order valence-electron chi connectivity index (χ0n) is 29.0. The molecule has 144 valence electrons. The summed E-state index contributed by atoms with van der Waals surface area (Å²) in [5.74, 6) is 0. The Bertz CT molecular complexity index is 977. The van der Waals surface area contributed by atoms with E-state index in [1.165, 1.54) is 12.1 Å². The third-order valence-electron chi connectivity index (χ3n) is 2.19. The second-order valence-corrected chi connectivity index (χ2v) is 4.04. The van der Waals surface area contributed by atoms with Crippen molar-refractivity contribution in [2.75, 3.05) is 65.7 Å². The normalized spacial score (nSPS) is 26.5. The first-order chi connectivity index (χ1) is 18.2. The van der Waals surface area contributed by atoms with Crippen molar-refractivity contribution in [2.24, 2.45) is 0 Å². The molecule has 0 fully saturated rings. The van der Waals surface area contributed by atoms with Crippen molar-refractivity contribution in [3.05, 3.63) is 35.9 Å². The highest BCUT2D eigenvalue weighted by Crippen LogP contribution is 1.99. The molecule has 7 heteroatoms. The fourth-order valence-corrected chi connectivity index (χ4v) is 1.14. The van der Waals surface area contributed by atoms with Gasteiger partial charge in [0.15, 0.2) is 0 Å². The molecular weight excluding hydrogens is 328 g/mol. The van der Waals surface area contributed by atoms with Gasteiger partial charge in [0, 0.05) is 0 Å². The molecule has 0 aliphatic rings. The molecule has 0 amide bonds. The number of rotatable bonds is 17. The minimum absolute atomic E-state index is 0.392. The lowest BCUT2D eigenvalue weighted by Crippen LogP contribution is -2.21. The van der Waals surface area contributed by atoms with E-state index >= 15 is 0 Å². The quantitative estimate of drug-likeness (QED) is 0.413. The number of aliphatic hydroxyl groups is 2. The van der Waals surface area contributed by atoms with Gasteiger partial charge in [0.05, 0.1) is 94.2 Å². The van der Waals surface area contributed by atoms with Gasteiger partial charge in [-0.25, -0.2) is 0 Å². The van der Waals surface area contributed by atoms with Crippen LogP contribution in [0.25, 0.3) is 0 Å². The molecule has 25 heavy (non-hydrogen) atoms. The van der Waals surface area contributed by atoms with Gasteiger partial charge in [0.2, 0.25) is 0 Å². The van der Waals surface area contributed by atoms with E-state index < -0.39 is 78.4 Å². The molecule has 0 saturated carbocycles. The average molecular weight is 375 g/mol. The maximum Gasteiger partial charge on any atom is 0.100 e. The fourth-order valence-electron chi connectivity index (χ4n) is 1.14. The first-order valence-electron chi connectivity index (χ1n) is 14.9. The van der Waals surface area contributed by atoms with E-state index in [0.29, 0.717) is 5.56 Å². The minimum atomic E-state index is -4.16. The molecule has 1 aromatic rings. The highest BCUT2D eigenvalue weighted by Gasteiger charge is 2.00. The number of hydrogen-bond acceptors (Lipinski definition) is 7. The SMILES string of the molecule is [2H]C([2H])(OCc1ccccc1)C([2H])([2H])OC([2H])([2H])C([2H])([2H])OC([2H])([2H])C([2H])([2H])OC([2H])([2H])C([2H])([2H])OC[C@@H](O)CO. The van der Waals surface area contributed by atoms with E-state index in [-0.39, 0.29) is 0 Å². The van der Waals surface area contributed by atoms with Crippen molar-refractivity contribution < 1.29 is 55.8 Å². The topological polar surface area (TPSA) is 86.6 Å². The highest BCUT2D eigenvalue weighted by molar-refractivity contribution is 5.13. The van der Waals surface area contributed by atoms with Gasteiger partial charge in [-0.3, -0.25) is 0 Å². The second kappa shape index (κ2) is 16.4. The molecule has 1 aromatic carbocycles. The summed E-state index contributed by atoms with van der Waals surface area (Å²) in [6.45, 7) is -33.5. The van der Waals surface area contributed by atoms with Gasteiger partial charge in [-0.05, 0) is 5.56 Å². The molecule has 2 N–H and O–H groups in total. The maximum absolute atomic E-state index is 9.26. The van der Waals surface area contributed by atoms with Gasteiger partial charge in [-0.2, -0.15) is 0 Å². The van der Waals surface area contributed by atoms with Crippen molar-refractivity contribution in [2.45, 2.75) is 12.7 Å². The predicted molar refractivity (Wildman–Crippen MR) is 92.5 cm³/mol. The number of ether oxygens (including phenoxy) is 5. The van der Waals surface area contributed by atoms with Crippen LogP contribution < -0.4 is 0 Å². The van der Waals surface area contributed by atoms with Crippen LogP contribution in [0.15, 0.2) is 30.3 Å². The molecule has 0 spiro atoms. The molecule has 0 bridgehead atoms. The first-order valence-corrected chi connectivity index (χ1v) is 6.87. The zero-order chi connectivity index (χ0) is 32.3. The van der Waals surface area contributed by atoms with E-state index in [0.717, 1.165) is 0 Å². The van der Waals surface area contributed by atoms with Crippen molar-refractivity contribution in [3.8, 4) is 0 Å². The Morgan fingerprint density at radius 1 is 0.760 bits per heavy atom. The molecule has 0 radical (unpaired) electrons. The Kier molecular flexibility index (Phi) is 5.18. The fraction of sp³-hybridized carbons (Fsp3) is 0.667. The third-order valence-corrected chi connectivity index (χ3v) is 2.19. The number of aliphatic hydroxyl groups excluding tert-OH is 2. The Balaban J connectivity index is 3.09. The standard InChI is InChI=1S/C18H30O7/c19-14-18(20)16-25-13-11-23-9-7-21-6-8-22-10-12-24-15-17-4-2-1-3-5-17/h1-5,18-20H,6-16H2/t18-/m0/s1/i6D2,7D2,8D2,9D2,10D2,11D2,12D2,13D2. The monoisotopic (exact) mass is 374 g/mol. The number of hydrogen-bond donors (Lipinski definition) is 2. The molecule has 1 atom stereocenters. The van der Waals surface area contributed by atoms with Gasteiger partial charge in [0.1, 0.15) is 6.10 Å². The number of benzene rings is 1. The Labute approximate surface area is 171 Å². The van der Waals surface area contributed by atoms with Gasteiger partial charge in [-0.15, -0.1) is 0 Å². The van der Waals surface area contributed by atoms with Crippen LogP contribution in [0.3, 0.4) is 0 Å². The molecule has 1 rings (SSSR count). The Morgan fingerprint density at radius 2 is 1.24 bits per heavy atom. The minimum Gasteiger partial charge on any atom is -0.394 e. The average Bonchev–Trinajstić information content (AvgIpc) is 2.79. The van der Waals surface area contributed by atoms with Crippen molar-refractivity contribution in [3.63, 3.8) is 0 Å². The zero-order valence-corrected chi connectivity index (χ0v) is 13.0. The van der Waals surface area contributed by atoms with Crippen LogP contribution in [0.1, 0.15) is 27.5 Å². The van der Waals surface area contributed by atoms with E-state index in [2.05, 4.69) is 18.9 Å². The summed E-state index contributed by atoms with van der Waals surface area (Å²) in [4.78, 5) is 0. The summed E-state index contributed by atoms with van der Waals surface area (Å²) >= 11 is 0. The van der Waals surface area contributed by atoms with E-state index in [4.69, 9.17) is 31.8 Å². The van der Waals surface area contributed by atoms with Crippen LogP contribution in [0, 0.1) is 0 Å². The molecule has 0 unspecified atom stereocenters. The Morgan fingerprint density at radius 3 is 1.76 bits per heavy atom. The van der Waals surface area contributed by atoms with Gasteiger partial charge in [-0.1, -0.05) is 30.3 Å². The van der Waals surface area contributed by atoms with Crippen molar-refractivity contribution >= 4 is 0 Å². The second-order valence-electron chi connectivity index (χ2n) is 4.04. The van der Waals surface area contributed by atoms with Gasteiger partial charge >= 0.3 is 0 Å². The molecule has 0 saturated heterocycles. The summed E-state index contributed by atoms with van der Waals surface area (Å²) in [5.41, 5.74) is 0.392. The molecular formula is C18H30O7. The summed E-state index contributed by atoms with van der Waals surface area (Å²) in [5, 5.41) is 18.0. The van der Waals surface area contributed by atoms with Crippen LogP contribution in [0.5, 0.6) is 0 Å². The van der Waals surface area contributed by atoms with E-state index in [9.17, 15) is 5.11 Å².